The quantitative estimate of drug-likeness (QED) is 0.820. The summed E-state index contributed by atoms with van der Waals surface area (Å²) in [6.45, 7) is 6.99. The maximum atomic E-state index is 11.0. The van der Waals surface area contributed by atoms with Crippen molar-refractivity contribution in [1.82, 2.24) is 15.0 Å². The Morgan fingerprint density at radius 2 is 2.28 bits per heavy atom. The molecule has 0 N–H and O–H groups in total. The van der Waals surface area contributed by atoms with Crippen LogP contribution in [-0.4, -0.2) is 33.4 Å². The summed E-state index contributed by atoms with van der Waals surface area (Å²) in [6, 6.07) is 0.686. The van der Waals surface area contributed by atoms with E-state index in [1.165, 1.54) is 19.8 Å². The molecule has 0 bridgehead atoms. The number of hydrogen-bond donors (Lipinski definition) is 0. The lowest BCUT2D eigenvalue weighted by Crippen LogP contribution is -2.38. The van der Waals surface area contributed by atoms with Crippen molar-refractivity contribution in [3.8, 4) is 0 Å². The van der Waals surface area contributed by atoms with Gasteiger partial charge in [-0.05, 0) is 40.2 Å². The monoisotopic (exact) mass is 251 g/mol. The smallest absolute Gasteiger partial charge is 0.244 e. The first-order valence-electron chi connectivity index (χ1n) is 6.65. The van der Waals surface area contributed by atoms with E-state index in [1.807, 2.05) is 0 Å². The molecule has 1 aromatic rings. The van der Waals surface area contributed by atoms with Crippen LogP contribution < -0.4 is 0 Å². The van der Waals surface area contributed by atoms with Gasteiger partial charge in [0.2, 0.25) is 5.89 Å². The predicted molar refractivity (Wildman–Crippen MR) is 67.1 cm³/mol. The molecule has 1 fully saturated rings. The second-order valence-corrected chi connectivity index (χ2v) is 5.27. The van der Waals surface area contributed by atoms with Crippen LogP contribution in [0.4, 0.5) is 0 Å². The molecule has 0 spiro atoms. The van der Waals surface area contributed by atoms with Gasteiger partial charge in [-0.15, -0.1) is 0 Å². The van der Waals surface area contributed by atoms with Crippen LogP contribution in [0, 0.1) is 0 Å². The summed E-state index contributed by atoms with van der Waals surface area (Å²) in [7, 11) is 0. The highest BCUT2D eigenvalue weighted by Crippen LogP contribution is 2.31. The number of Topliss-reactive ketones (excluding diaryl/α,β-unsaturated/α-hetero) is 1. The molecular formula is C13H21N3O2. The van der Waals surface area contributed by atoms with Crippen LogP contribution in [0.3, 0.4) is 0 Å². The number of rotatable bonds is 4. The Morgan fingerprint density at radius 1 is 1.50 bits per heavy atom. The Bertz CT molecular complexity index is 414. The number of carbonyl (C=O) groups excluding carboxylic acids is 1. The Labute approximate surface area is 108 Å². The highest BCUT2D eigenvalue weighted by atomic mass is 16.5. The van der Waals surface area contributed by atoms with Crippen molar-refractivity contribution < 1.29 is 9.32 Å². The zero-order chi connectivity index (χ0) is 13.1. The molecule has 0 amide bonds. The van der Waals surface area contributed by atoms with E-state index >= 15 is 0 Å². The minimum Gasteiger partial charge on any atom is -0.338 e. The standard InChI is InChI=1S/C13H21N3O2/c1-9(2)16-7-5-4-6-11(16)13-14-12(15-18-13)8-10(3)17/h9,11H,4-8H2,1-3H3. The molecule has 1 aromatic heterocycles. The van der Waals surface area contributed by atoms with Gasteiger partial charge >= 0.3 is 0 Å². The molecule has 1 aliphatic rings. The van der Waals surface area contributed by atoms with Crippen molar-refractivity contribution in [2.45, 2.75) is 58.5 Å². The largest absolute Gasteiger partial charge is 0.338 e. The van der Waals surface area contributed by atoms with Crippen LogP contribution in [-0.2, 0) is 11.2 Å². The van der Waals surface area contributed by atoms with E-state index in [0.29, 0.717) is 17.8 Å². The van der Waals surface area contributed by atoms with Gasteiger partial charge < -0.3 is 4.52 Å². The first-order valence-corrected chi connectivity index (χ1v) is 6.65. The fourth-order valence-electron chi connectivity index (χ4n) is 2.53. The summed E-state index contributed by atoms with van der Waals surface area (Å²) >= 11 is 0. The van der Waals surface area contributed by atoms with Crippen LogP contribution in [0.1, 0.15) is 57.8 Å². The number of hydrogen-bond acceptors (Lipinski definition) is 5. The van der Waals surface area contributed by atoms with Crippen molar-refractivity contribution in [3.05, 3.63) is 11.7 Å². The highest BCUT2D eigenvalue weighted by molar-refractivity contribution is 5.77. The topological polar surface area (TPSA) is 59.2 Å². The van der Waals surface area contributed by atoms with Gasteiger partial charge in [0.05, 0.1) is 12.5 Å². The molecule has 1 atom stereocenters. The molecule has 2 rings (SSSR count). The second kappa shape index (κ2) is 5.61. The molecule has 0 aromatic carbocycles. The predicted octanol–water partition coefficient (Wildman–Crippen LogP) is 2.14. The Hall–Kier alpha value is -1.23. The zero-order valence-electron chi connectivity index (χ0n) is 11.3. The van der Waals surface area contributed by atoms with Gasteiger partial charge in [-0.2, -0.15) is 4.98 Å². The minimum absolute atomic E-state index is 0.0618. The SMILES string of the molecule is CC(=O)Cc1noc(C2CCCCN2C(C)C)n1. The first-order chi connectivity index (χ1) is 8.58. The maximum Gasteiger partial charge on any atom is 0.244 e. The van der Waals surface area contributed by atoms with E-state index in [2.05, 4.69) is 28.9 Å². The van der Waals surface area contributed by atoms with E-state index in [9.17, 15) is 4.79 Å². The van der Waals surface area contributed by atoms with Crippen molar-refractivity contribution in [2.24, 2.45) is 0 Å². The number of aromatic nitrogens is 2. The second-order valence-electron chi connectivity index (χ2n) is 5.27. The average Bonchev–Trinajstić information content (AvgIpc) is 2.76. The summed E-state index contributed by atoms with van der Waals surface area (Å²) in [5, 5.41) is 3.89. The molecule has 5 nitrogen and oxygen atoms in total. The third kappa shape index (κ3) is 2.96. The van der Waals surface area contributed by atoms with E-state index < -0.39 is 0 Å². The van der Waals surface area contributed by atoms with Crippen LogP contribution >= 0.6 is 0 Å². The molecule has 0 radical (unpaired) electrons. The van der Waals surface area contributed by atoms with E-state index in [4.69, 9.17) is 4.52 Å². The number of piperidine rings is 1. The van der Waals surface area contributed by atoms with Gasteiger partial charge in [0.1, 0.15) is 5.78 Å². The molecule has 0 aliphatic carbocycles. The Kier molecular flexibility index (Phi) is 4.11. The normalized spacial score (nSPS) is 21.4. The molecule has 1 unspecified atom stereocenters. The first kappa shape index (κ1) is 13.2. The van der Waals surface area contributed by atoms with Gasteiger partial charge in [0, 0.05) is 6.04 Å². The van der Waals surface area contributed by atoms with Gasteiger partial charge in [-0.25, -0.2) is 0 Å². The summed E-state index contributed by atoms with van der Waals surface area (Å²) in [5.74, 6) is 1.23. The lowest BCUT2D eigenvalue weighted by Gasteiger charge is -2.36. The van der Waals surface area contributed by atoms with Crippen molar-refractivity contribution in [1.29, 1.82) is 0 Å². The maximum absolute atomic E-state index is 11.0. The Morgan fingerprint density at radius 3 is 2.94 bits per heavy atom. The molecule has 100 valence electrons. The summed E-state index contributed by atoms with van der Waals surface area (Å²) < 4.78 is 5.33. The van der Waals surface area contributed by atoms with Gasteiger partial charge in [0.15, 0.2) is 5.82 Å². The number of nitrogens with zero attached hydrogens (tertiary/aromatic N) is 3. The molecule has 1 saturated heterocycles. The van der Waals surface area contributed by atoms with Gasteiger partial charge in [0.25, 0.3) is 0 Å². The average molecular weight is 251 g/mol. The fourth-order valence-corrected chi connectivity index (χ4v) is 2.53. The molecule has 0 saturated carbocycles. The molecule has 1 aliphatic heterocycles. The fraction of sp³-hybridized carbons (Fsp3) is 0.769. The number of carbonyl (C=O) groups is 1. The summed E-state index contributed by atoms with van der Waals surface area (Å²) in [5.41, 5.74) is 0. The van der Waals surface area contributed by atoms with Crippen molar-refractivity contribution >= 4 is 5.78 Å². The molecular weight excluding hydrogens is 230 g/mol. The van der Waals surface area contributed by atoms with Crippen LogP contribution in [0.15, 0.2) is 4.52 Å². The summed E-state index contributed by atoms with van der Waals surface area (Å²) in [4.78, 5) is 17.8. The summed E-state index contributed by atoms with van der Waals surface area (Å²) in [6.07, 6.45) is 3.74. The third-order valence-electron chi connectivity index (χ3n) is 3.38. The highest BCUT2D eigenvalue weighted by Gasteiger charge is 2.30. The third-order valence-corrected chi connectivity index (χ3v) is 3.38. The minimum atomic E-state index is 0.0618. The lowest BCUT2D eigenvalue weighted by atomic mass is 10.0. The van der Waals surface area contributed by atoms with E-state index in [1.54, 1.807) is 0 Å². The molecule has 5 heteroatoms. The van der Waals surface area contributed by atoms with Gasteiger partial charge in [-0.1, -0.05) is 11.6 Å². The van der Waals surface area contributed by atoms with Gasteiger partial charge in [-0.3, -0.25) is 9.69 Å². The Balaban J connectivity index is 2.13. The molecule has 18 heavy (non-hydrogen) atoms. The van der Waals surface area contributed by atoms with Crippen LogP contribution in [0.2, 0.25) is 0 Å². The van der Waals surface area contributed by atoms with E-state index in [-0.39, 0.29) is 18.2 Å². The lowest BCUT2D eigenvalue weighted by molar-refractivity contribution is -0.116. The zero-order valence-corrected chi connectivity index (χ0v) is 11.3. The van der Waals surface area contributed by atoms with Crippen LogP contribution in [0.5, 0.6) is 0 Å². The van der Waals surface area contributed by atoms with Crippen LogP contribution in [0.25, 0.3) is 0 Å². The number of likely N-dealkylation sites (tertiary alicyclic amines) is 1. The van der Waals surface area contributed by atoms with Crippen molar-refractivity contribution in [3.63, 3.8) is 0 Å². The van der Waals surface area contributed by atoms with E-state index in [0.717, 1.165) is 13.0 Å². The number of ketones is 1. The molecule has 2 heterocycles. The van der Waals surface area contributed by atoms with Crippen molar-refractivity contribution in [2.75, 3.05) is 6.54 Å².